The number of ether oxygens (including phenoxy) is 4. The first kappa shape index (κ1) is 17.3. The van der Waals surface area contributed by atoms with Gasteiger partial charge in [-0.25, -0.2) is 0 Å². The maximum Gasteiger partial charge on any atom is 0.305 e. The maximum atomic E-state index is 11.1. The molecule has 1 aliphatic rings. The fourth-order valence-corrected chi connectivity index (χ4v) is 1.94. The van der Waals surface area contributed by atoms with Crippen LogP contribution in [0, 0.1) is 0 Å². The highest BCUT2D eigenvalue weighted by Gasteiger charge is 2.50. The quantitative estimate of drug-likeness (QED) is 0.470. The number of esters is 3. The van der Waals surface area contributed by atoms with E-state index in [1.807, 2.05) is 0 Å². The second-order valence-electron chi connectivity index (χ2n) is 4.47. The highest BCUT2D eigenvalue weighted by molar-refractivity contribution is 5.68. The highest BCUT2D eigenvalue weighted by atomic mass is 16.7. The Morgan fingerprint density at radius 3 is 1.86 bits per heavy atom. The van der Waals surface area contributed by atoms with Crippen molar-refractivity contribution in [2.75, 3.05) is 6.61 Å². The molecule has 1 fully saturated rings. The predicted octanol–water partition coefficient (Wildman–Crippen LogP) is -1.51. The molecule has 0 aromatic carbocycles. The van der Waals surface area contributed by atoms with Gasteiger partial charge >= 0.3 is 17.9 Å². The Balaban J connectivity index is 3.05. The molecule has 0 spiro atoms. The zero-order valence-electron chi connectivity index (χ0n) is 11.8. The van der Waals surface area contributed by atoms with Crippen molar-refractivity contribution in [3.63, 3.8) is 0 Å². The zero-order valence-corrected chi connectivity index (χ0v) is 11.8. The van der Waals surface area contributed by atoms with E-state index in [1.54, 1.807) is 0 Å². The van der Waals surface area contributed by atoms with Crippen LogP contribution in [-0.4, -0.2) is 65.4 Å². The van der Waals surface area contributed by atoms with Crippen molar-refractivity contribution in [2.45, 2.75) is 51.5 Å². The molecule has 1 aliphatic heterocycles. The second-order valence-corrected chi connectivity index (χ2v) is 4.47. The lowest BCUT2D eigenvalue weighted by Gasteiger charge is -2.41. The summed E-state index contributed by atoms with van der Waals surface area (Å²) in [6, 6.07) is 0. The number of carbonyl (C=O) groups excluding carboxylic acids is 3. The second kappa shape index (κ2) is 7.34. The van der Waals surface area contributed by atoms with Crippen LogP contribution in [0.4, 0.5) is 0 Å². The number of carbonyl (C=O) groups is 3. The van der Waals surface area contributed by atoms with Crippen LogP contribution >= 0.6 is 0 Å². The summed E-state index contributed by atoms with van der Waals surface area (Å²) in [5, 5.41) is 19.2. The largest absolute Gasteiger partial charge is 0.455 e. The van der Waals surface area contributed by atoms with E-state index in [0.29, 0.717) is 0 Å². The molecule has 0 aromatic heterocycles. The van der Waals surface area contributed by atoms with Crippen LogP contribution in [0.2, 0.25) is 0 Å². The minimum Gasteiger partial charge on any atom is -0.455 e. The van der Waals surface area contributed by atoms with Crippen molar-refractivity contribution >= 4 is 17.9 Å². The first-order valence-corrected chi connectivity index (χ1v) is 6.22. The van der Waals surface area contributed by atoms with Crippen LogP contribution in [0.25, 0.3) is 0 Å². The molecular formula is C12H18O9. The summed E-state index contributed by atoms with van der Waals surface area (Å²) in [6.07, 6.45) is -6.69. The van der Waals surface area contributed by atoms with E-state index < -0.39 is 55.2 Å². The average Bonchev–Trinajstić information content (AvgIpc) is 2.35. The molecule has 21 heavy (non-hydrogen) atoms. The van der Waals surface area contributed by atoms with Crippen molar-refractivity contribution in [2.24, 2.45) is 0 Å². The van der Waals surface area contributed by atoms with Gasteiger partial charge < -0.3 is 29.2 Å². The molecule has 0 aromatic rings. The van der Waals surface area contributed by atoms with Gasteiger partial charge in [0, 0.05) is 20.8 Å². The van der Waals surface area contributed by atoms with Crippen LogP contribution in [0.5, 0.6) is 0 Å². The van der Waals surface area contributed by atoms with Crippen LogP contribution in [0.15, 0.2) is 0 Å². The Bertz CT molecular complexity index is 408. The number of hydrogen-bond donors (Lipinski definition) is 2. The van der Waals surface area contributed by atoms with Gasteiger partial charge in [-0.1, -0.05) is 0 Å². The van der Waals surface area contributed by atoms with E-state index in [1.165, 1.54) is 0 Å². The Morgan fingerprint density at radius 1 is 0.952 bits per heavy atom. The van der Waals surface area contributed by atoms with Gasteiger partial charge in [-0.15, -0.1) is 0 Å². The molecule has 120 valence electrons. The fourth-order valence-electron chi connectivity index (χ4n) is 1.94. The molecule has 1 saturated heterocycles. The van der Waals surface area contributed by atoms with Gasteiger partial charge in [-0.3, -0.25) is 14.4 Å². The van der Waals surface area contributed by atoms with Crippen molar-refractivity contribution in [3.05, 3.63) is 0 Å². The number of hydrogen-bond acceptors (Lipinski definition) is 9. The summed E-state index contributed by atoms with van der Waals surface area (Å²) in [5.41, 5.74) is 0. The zero-order chi connectivity index (χ0) is 16.2. The molecule has 9 heteroatoms. The molecule has 9 nitrogen and oxygen atoms in total. The van der Waals surface area contributed by atoms with Gasteiger partial charge in [0.2, 0.25) is 12.4 Å². The van der Waals surface area contributed by atoms with Crippen molar-refractivity contribution < 1.29 is 43.5 Å². The topological polar surface area (TPSA) is 129 Å². The van der Waals surface area contributed by atoms with Crippen LogP contribution in [0.1, 0.15) is 20.8 Å². The molecule has 0 bridgehead atoms. The van der Waals surface area contributed by atoms with Gasteiger partial charge in [0.1, 0.15) is 12.2 Å². The average molecular weight is 306 g/mol. The van der Waals surface area contributed by atoms with E-state index in [-0.39, 0.29) is 0 Å². The monoisotopic (exact) mass is 306 g/mol. The summed E-state index contributed by atoms with van der Waals surface area (Å²) in [5.74, 6) is -2.21. The molecule has 1 rings (SSSR count). The van der Waals surface area contributed by atoms with Crippen LogP contribution in [0.3, 0.4) is 0 Å². The lowest BCUT2D eigenvalue weighted by molar-refractivity contribution is -0.297. The van der Waals surface area contributed by atoms with Gasteiger partial charge in [0.05, 0.1) is 6.61 Å². The van der Waals surface area contributed by atoms with E-state index in [2.05, 4.69) is 0 Å². The Morgan fingerprint density at radius 2 is 1.43 bits per heavy atom. The third kappa shape index (κ3) is 4.66. The first-order chi connectivity index (χ1) is 9.76. The van der Waals surface area contributed by atoms with Crippen LogP contribution in [-0.2, 0) is 33.3 Å². The van der Waals surface area contributed by atoms with Crippen LogP contribution < -0.4 is 0 Å². The third-order valence-corrected chi connectivity index (χ3v) is 2.68. The summed E-state index contributed by atoms with van der Waals surface area (Å²) < 4.78 is 19.9. The Labute approximate surface area is 120 Å². The minimum absolute atomic E-state index is 0.608. The Kier molecular flexibility index (Phi) is 6.06. The lowest BCUT2D eigenvalue weighted by Crippen LogP contribution is -2.61. The summed E-state index contributed by atoms with van der Waals surface area (Å²) in [4.78, 5) is 33.3. The molecular weight excluding hydrogens is 288 g/mol. The number of rotatable bonds is 4. The maximum absolute atomic E-state index is 11.1. The first-order valence-electron chi connectivity index (χ1n) is 6.22. The van der Waals surface area contributed by atoms with E-state index in [4.69, 9.17) is 24.1 Å². The van der Waals surface area contributed by atoms with Gasteiger partial charge in [0.25, 0.3) is 0 Å². The van der Waals surface area contributed by atoms with Gasteiger partial charge in [-0.05, 0) is 0 Å². The normalized spacial score (nSPS) is 32.1. The molecule has 2 N–H and O–H groups in total. The van der Waals surface area contributed by atoms with Crippen molar-refractivity contribution in [1.29, 1.82) is 0 Å². The van der Waals surface area contributed by atoms with Crippen molar-refractivity contribution in [1.82, 2.24) is 0 Å². The molecule has 0 unspecified atom stereocenters. The predicted molar refractivity (Wildman–Crippen MR) is 64.6 cm³/mol. The molecule has 0 aliphatic carbocycles. The molecule has 1 heterocycles. The molecule has 5 atom stereocenters. The molecule has 0 saturated carbocycles. The summed E-state index contributed by atoms with van der Waals surface area (Å²) in [7, 11) is 0. The highest BCUT2D eigenvalue weighted by Crippen LogP contribution is 2.27. The Hall–Kier alpha value is -1.71. The summed E-state index contributed by atoms with van der Waals surface area (Å²) >= 11 is 0. The minimum atomic E-state index is -1.45. The fraction of sp³-hybridized carbons (Fsp3) is 0.750. The molecule has 0 amide bonds. The number of aliphatic hydroxyl groups excluding tert-OH is 2. The number of aliphatic hydroxyl groups is 2. The third-order valence-electron chi connectivity index (χ3n) is 2.68. The molecule has 0 radical (unpaired) electrons. The van der Waals surface area contributed by atoms with Gasteiger partial charge in [0.15, 0.2) is 6.10 Å². The van der Waals surface area contributed by atoms with Gasteiger partial charge in [-0.2, -0.15) is 0 Å². The lowest BCUT2D eigenvalue weighted by atomic mass is 9.98. The van der Waals surface area contributed by atoms with E-state index >= 15 is 0 Å². The smallest absolute Gasteiger partial charge is 0.305 e. The van der Waals surface area contributed by atoms with E-state index in [9.17, 15) is 19.5 Å². The summed E-state index contributed by atoms with van der Waals surface area (Å²) in [6.45, 7) is 2.69. The van der Waals surface area contributed by atoms with E-state index in [0.717, 1.165) is 20.8 Å². The SMILES string of the molecule is CC(=O)O[C@@H]1O[C@H](CO)[C@@H](O)[C@H](OC(C)=O)[C@@H]1OC(C)=O. The standard InChI is InChI=1S/C12H18O9/c1-5(14)18-10-9(17)8(4-13)21-12(20-7(3)16)11(10)19-6(2)15/h8-13,17H,4H2,1-3H3/t8-,9-,10+,11+,12-/m1/s1. The van der Waals surface area contributed by atoms with Crippen molar-refractivity contribution in [3.8, 4) is 0 Å².